The van der Waals surface area contributed by atoms with Crippen molar-refractivity contribution in [3.63, 3.8) is 0 Å². The topological polar surface area (TPSA) is 50.8 Å². The first-order valence-electron chi connectivity index (χ1n) is 8.61. The van der Waals surface area contributed by atoms with Gasteiger partial charge in [0.25, 0.3) is 0 Å². The second-order valence-electron chi connectivity index (χ2n) is 6.72. The Labute approximate surface area is 147 Å². The third kappa shape index (κ3) is 2.42. The van der Waals surface area contributed by atoms with E-state index in [0.29, 0.717) is 17.9 Å². The summed E-state index contributed by atoms with van der Waals surface area (Å²) in [5, 5.41) is 3.12. The van der Waals surface area contributed by atoms with Crippen LogP contribution in [0.3, 0.4) is 0 Å². The van der Waals surface area contributed by atoms with Gasteiger partial charge in [0.15, 0.2) is 17.2 Å². The van der Waals surface area contributed by atoms with Crippen molar-refractivity contribution in [3.05, 3.63) is 53.6 Å². The summed E-state index contributed by atoms with van der Waals surface area (Å²) >= 11 is 0. The predicted octanol–water partition coefficient (Wildman–Crippen LogP) is 4.03. The molecular formula is C20H22N2O3. The molecule has 2 aliphatic rings. The van der Waals surface area contributed by atoms with Gasteiger partial charge in [0.05, 0.1) is 13.2 Å². The van der Waals surface area contributed by atoms with Gasteiger partial charge in [-0.15, -0.1) is 0 Å². The average molecular weight is 338 g/mol. The van der Waals surface area contributed by atoms with Crippen molar-refractivity contribution in [2.24, 2.45) is 0 Å². The number of aryl methyl sites for hydroxylation is 1. The molecule has 0 radical (unpaired) electrons. The van der Waals surface area contributed by atoms with Crippen LogP contribution in [-0.2, 0) is 6.42 Å². The first kappa shape index (κ1) is 15.8. The molecule has 2 amide bonds. The lowest BCUT2D eigenvalue weighted by molar-refractivity contribution is 0.0349. The molecule has 0 aliphatic carbocycles. The van der Waals surface area contributed by atoms with Crippen LogP contribution in [0, 0.1) is 0 Å². The molecule has 0 aromatic heterocycles. The first-order chi connectivity index (χ1) is 12.1. The molecule has 2 heterocycles. The van der Waals surface area contributed by atoms with Gasteiger partial charge in [-0.2, -0.15) is 0 Å². The number of hydrogen-bond donors (Lipinski definition) is 1. The van der Waals surface area contributed by atoms with Crippen molar-refractivity contribution in [3.8, 4) is 11.5 Å². The van der Waals surface area contributed by atoms with Crippen LogP contribution >= 0.6 is 0 Å². The molecule has 0 saturated carbocycles. The number of carbonyl (C=O) groups excluding carboxylic acids is 1. The minimum absolute atomic E-state index is 0.0815. The maximum Gasteiger partial charge on any atom is 0.325 e. The molecule has 2 aromatic carbocycles. The second kappa shape index (κ2) is 5.69. The van der Waals surface area contributed by atoms with Crippen LogP contribution in [0.4, 0.5) is 10.5 Å². The quantitative estimate of drug-likeness (QED) is 0.919. The molecule has 2 aromatic rings. The first-order valence-corrected chi connectivity index (χ1v) is 8.61. The van der Waals surface area contributed by atoms with Crippen molar-refractivity contribution in [2.75, 3.05) is 12.0 Å². The zero-order valence-electron chi connectivity index (χ0n) is 14.7. The average Bonchev–Trinajstić information content (AvgIpc) is 2.60. The molecule has 2 bridgehead atoms. The van der Waals surface area contributed by atoms with E-state index in [0.717, 1.165) is 17.7 Å². The molecule has 4 rings (SSSR count). The van der Waals surface area contributed by atoms with E-state index < -0.39 is 5.72 Å². The lowest BCUT2D eigenvalue weighted by atomic mass is 9.89. The van der Waals surface area contributed by atoms with Crippen LogP contribution in [0.2, 0.25) is 0 Å². The van der Waals surface area contributed by atoms with Gasteiger partial charge >= 0.3 is 6.03 Å². The summed E-state index contributed by atoms with van der Waals surface area (Å²) in [6.07, 6.45) is 1.59. The lowest BCUT2D eigenvalue weighted by Gasteiger charge is -2.50. The van der Waals surface area contributed by atoms with Gasteiger partial charge in [-0.25, -0.2) is 4.79 Å². The summed E-state index contributed by atoms with van der Waals surface area (Å²) < 4.78 is 11.8. The number of anilines is 1. The number of carbonyl (C=O) groups is 1. The number of rotatable bonds is 3. The van der Waals surface area contributed by atoms with Crippen molar-refractivity contribution in [2.45, 2.75) is 38.5 Å². The van der Waals surface area contributed by atoms with Gasteiger partial charge in [-0.05, 0) is 37.1 Å². The minimum atomic E-state index is -0.763. The molecule has 2 atom stereocenters. The van der Waals surface area contributed by atoms with Crippen LogP contribution in [0.15, 0.2) is 42.5 Å². The summed E-state index contributed by atoms with van der Waals surface area (Å²) in [5.74, 6) is 1.40. The molecule has 25 heavy (non-hydrogen) atoms. The molecule has 1 fully saturated rings. The predicted molar refractivity (Wildman–Crippen MR) is 96.2 cm³/mol. The van der Waals surface area contributed by atoms with Crippen molar-refractivity contribution < 1.29 is 14.3 Å². The molecule has 1 N–H and O–H groups in total. The standard InChI is InChI=1S/C20H22N2O3/c1-4-13-7-5-8-14(11-13)22-19(23)21-16-12-20(22,2)25-18-15(16)9-6-10-17(18)24-3/h5-11,16H,4,12H2,1-3H3,(H,21,23)/t16-,20-/m1/s1. The summed E-state index contributed by atoms with van der Waals surface area (Å²) in [5.41, 5.74) is 2.23. The maximum absolute atomic E-state index is 12.9. The van der Waals surface area contributed by atoms with Crippen LogP contribution in [-0.4, -0.2) is 18.9 Å². The summed E-state index contributed by atoms with van der Waals surface area (Å²) in [4.78, 5) is 14.6. The number of urea groups is 1. The molecule has 0 spiro atoms. The zero-order chi connectivity index (χ0) is 17.6. The minimum Gasteiger partial charge on any atom is -0.493 e. The fourth-order valence-corrected chi connectivity index (χ4v) is 3.83. The van der Waals surface area contributed by atoms with Crippen LogP contribution in [0.5, 0.6) is 11.5 Å². The summed E-state index contributed by atoms with van der Waals surface area (Å²) in [6.45, 7) is 4.07. The third-order valence-electron chi connectivity index (χ3n) is 5.06. The van der Waals surface area contributed by atoms with Crippen LogP contribution < -0.4 is 19.7 Å². The number of hydrogen-bond acceptors (Lipinski definition) is 3. The van der Waals surface area contributed by atoms with Gasteiger partial charge in [0.2, 0.25) is 0 Å². The fraction of sp³-hybridized carbons (Fsp3) is 0.350. The van der Waals surface area contributed by atoms with E-state index >= 15 is 0 Å². The van der Waals surface area contributed by atoms with Gasteiger partial charge in [0.1, 0.15) is 0 Å². The molecular weight excluding hydrogens is 316 g/mol. The SMILES string of the molecule is CCc1cccc(N2C(=O)N[C@@H]3C[C@@]2(C)Oc2c(OC)cccc23)c1. The van der Waals surface area contributed by atoms with E-state index in [4.69, 9.17) is 9.47 Å². The van der Waals surface area contributed by atoms with Gasteiger partial charge in [0, 0.05) is 17.7 Å². The largest absolute Gasteiger partial charge is 0.493 e. The Morgan fingerprint density at radius 3 is 2.88 bits per heavy atom. The van der Waals surface area contributed by atoms with E-state index in [1.807, 2.05) is 43.3 Å². The number of amides is 2. The molecule has 5 heteroatoms. The number of nitrogens with one attached hydrogen (secondary N) is 1. The normalized spacial score (nSPS) is 24.2. The van der Waals surface area contributed by atoms with Crippen molar-refractivity contribution in [1.82, 2.24) is 5.32 Å². The second-order valence-corrected chi connectivity index (χ2v) is 6.72. The fourth-order valence-electron chi connectivity index (χ4n) is 3.83. The van der Waals surface area contributed by atoms with E-state index in [1.54, 1.807) is 12.0 Å². The third-order valence-corrected chi connectivity index (χ3v) is 5.06. The lowest BCUT2D eigenvalue weighted by Crippen LogP contribution is -2.65. The van der Waals surface area contributed by atoms with Crippen LogP contribution in [0.25, 0.3) is 0 Å². The van der Waals surface area contributed by atoms with E-state index in [1.165, 1.54) is 5.56 Å². The zero-order valence-corrected chi connectivity index (χ0v) is 14.7. The van der Waals surface area contributed by atoms with Gasteiger partial charge in [-0.3, -0.25) is 4.90 Å². The number of nitrogens with zero attached hydrogens (tertiary/aromatic N) is 1. The number of para-hydroxylation sites is 1. The van der Waals surface area contributed by atoms with Gasteiger partial charge in [-0.1, -0.05) is 31.2 Å². The van der Waals surface area contributed by atoms with E-state index in [9.17, 15) is 4.79 Å². The Kier molecular flexibility index (Phi) is 3.60. The monoisotopic (exact) mass is 338 g/mol. The molecule has 1 saturated heterocycles. The number of fused-ring (bicyclic) bond motifs is 4. The smallest absolute Gasteiger partial charge is 0.325 e. The molecule has 2 aliphatic heterocycles. The highest BCUT2D eigenvalue weighted by Crippen LogP contribution is 2.48. The number of methoxy groups -OCH3 is 1. The highest BCUT2D eigenvalue weighted by atomic mass is 16.5. The van der Waals surface area contributed by atoms with Gasteiger partial charge < -0.3 is 14.8 Å². The Morgan fingerprint density at radius 2 is 2.12 bits per heavy atom. The Bertz CT molecular complexity index is 835. The molecule has 0 unspecified atom stereocenters. The number of benzene rings is 2. The summed E-state index contributed by atoms with van der Waals surface area (Å²) in [6, 6.07) is 13.6. The van der Waals surface area contributed by atoms with E-state index in [-0.39, 0.29) is 12.1 Å². The highest BCUT2D eigenvalue weighted by molar-refractivity contribution is 5.95. The van der Waals surface area contributed by atoms with Crippen LogP contribution in [0.1, 0.15) is 37.4 Å². The summed E-state index contributed by atoms with van der Waals surface area (Å²) in [7, 11) is 1.63. The van der Waals surface area contributed by atoms with E-state index in [2.05, 4.69) is 18.3 Å². The number of ether oxygens (including phenoxy) is 2. The Morgan fingerprint density at radius 1 is 1.32 bits per heavy atom. The maximum atomic E-state index is 12.9. The Balaban J connectivity index is 1.81. The highest BCUT2D eigenvalue weighted by Gasteiger charge is 2.50. The van der Waals surface area contributed by atoms with Crippen molar-refractivity contribution in [1.29, 1.82) is 0 Å². The Hall–Kier alpha value is -2.69. The molecule has 5 nitrogen and oxygen atoms in total. The van der Waals surface area contributed by atoms with Crippen molar-refractivity contribution >= 4 is 11.7 Å². The molecule has 130 valence electrons.